The smallest absolute Gasteiger partial charge is 0.333 e. The first-order valence-electron chi connectivity index (χ1n) is 9.52. The number of rotatable bonds is 10. The Hall–Kier alpha value is -2.57. The number of benzene rings is 2. The van der Waals surface area contributed by atoms with Gasteiger partial charge in [-0.2, -0.15) is 0 Å². The summed E-state index contributed by atoms with van der Waals surface area (Å²) in [6.07, 6.45) is -1.32. The number of anilines is 1. The summed E-state index contributed by atoms with van der Waals surface area (Å²) in [6.45, 7) is 6.16. The Morgan fingerprint density at radius 2 is 1.83 bits per heavy atom. The van der Waals surface area contributed by atoms with Gasteiger partial charge in [0.15, 0.2) is 12.2 Å². The van der Waals surface area contributed by atoms with Crippen molar-refractivity contribution < 1.29 is 24.2 Å². The molecule has 0 saturated heterocycles. The van der Waals surface area contributed by atoms with Gasteiger partial charge in [-0.1, -0.05) is 29.8 Å². The number of carboxylic acids is 1. The molecule has 6 nitrogen and oxygen atoms in total. The molecule has 2 aromatic rings. The van der Waals surface area contributed by atoms with Crippen LogP contribution >= 0.6 is 11.6 Å². The van der Waals surface area contributed by atoms with E-state index in [9.17, 15) is 14.7 Å². The van der Waals surface area contributed by atoms with E-state index in [0.717, 1.165) is 5.56 Å². The predicted octanol–water partition coefficient (Wildman–Crippen LogP) is 4.19. The van der Waals surface area contributed by atoms with Gasteiger partial charge in [0, 0.05) is 30.3 Å². The van der Waals surface area contributed by atoms with Crippen molar-refractivity contribution >= 4 is 29.2 Å². The van der Waals surface area contributed by atoms with E-state index in [-0.39, 0.29) is 12.3 Å². The van der Waals surface area contributed by atoms with Crippen molar-refractivity contribution in [3.63, 3.8) is 0 Å². The lowest BCUT2D eigenvalue weighted by Crippen LogP contribution is -2.40. The summed E-state index contributed by atoms with van der Waals surface area (Å²) in [5, 5.41) is 9.75. The van der Waals surface area contributed by atoms with Crippen molar-refractivity contribution in [3.8, 4) is 5.75 Å². The Kier molecular flexibility index (Phi) is 8.49. The topological polar surface area (TPSA) is 76.1 Å². The lowest BCUT2D eigenvalue weighted by molar-refractivity contribution is -0.149. The second-order valence-corrected chi connectivity index (χ2v) is 6.89. The van der Waals surface area contributed by atoms with E-state index in [2.05, 4.69) is 0 Å². The molecule has 2 unspecified atom stereocenters. The van der Waals surface area contributed by atoms with Crippen LogP contribution in [0, 0.1) is 0 Å². The minimum atomic E-state index is -0.993. The number of hydrogen-bond acceptors (Lipinski definition) is 4. The van der Waals surface area contributed by atoms with E-state index < -0.39 is 18.2 Å². The molecule has 1 N–H and O–H groups in total. The van der Waals surface area contributed by atoms with Crippen LogP contribution in [0.5, 0.6) is 5.75 Å². The van der Waals surface area contributed by atoms with Gasteiger partial charge >= 0.3 is 5.97 Å². The normalized spacial score (nSPS) is 12.8. The van der Waals surface area contributed by atoms with Crippen LogP contribution in [0.1, 0.15) is 26.3 Å². The molecule has 0 heterocycles. The number of carbonyl (C=O) groups excluding carboxylic acids is 1. The summed E-state index contributed by atoms with van der Waals surface area (Å²) in [4.78, 5) is 25.7. The number of carboxylic acid groups (broad SMARTS) is 1. The molecule has 0 radical (unpaired) electrons. The van der Waals surface area contributed by atoms with Gasteiger partial charge in [0.2, 0.25) is 0 Å². The molecule has 156 valence electrons. The highest BCUT2D eigenvalue weighted by Crippen LogP contribution is 2.22. The number of halogens is 1. The third kappa shape index (κ3) is 6.48. The zero-order valence-electron chi connectivity index (χ0n) is 16.8. The van der Waals surface area contributed by atoms with Gasteiger partial charge in [-0.25, -0.2) is 4.79 Å². The molecule has 0 bridgehead atoms. The lowest BCUT2D eigenvalue weighted by atomic mass is 10.1. The SMILES string of the molecule is CCOC(Cc1ccc(OC(C)C(=O)N(CC)c2cccc(Cl)c2)cc1)C(=O)O. The number of hydrogen-bond donors (Lipinski definition) is 1. The summed E-state index contributed by atoms with van der Waals surface area (Å²) >= 11 is 6.04. The van der Waals surface area contributed by atoms with Gasteiger partial charge in [0.05, 0.1) is 0 Å². The summed E-state index contributed by atoms with van der Waals surface area (Å²) in [5.41, 5.74) is 1.53. The minimum absolute atomic E-state index is 0.180. The standard InChI is InChI=1S/C22H26ClNO5/c1-4-24(18-8-6-7-17(23)14-18)21(25)15(3)29-19-11-9-16(10-12-19)13-20(22(26)27)28-5-2/h6-12,14-15,20H,4-5,13H2,1-3H3,(H,26,27). The van der Waals surface area contributed by atoms with Crippen molar-refractivity contribution in [1.29, 1.82) is 0 Å². The first-order valence-corrected chi connectivity index (χ1v) is 9.90. The first kappa shape index (κ1) is 22.7. The molecule has 0 aliphatic carbocycles. The third-order valence-electron chi connectivity index (χ3n) is 4.35. The van der Waals surface area contributed by atoms with Crippen molar-refractivity contribution in [2.24, 2.45) is 0 Å². The monoisotopic (exact) mass is 419 g/mol. The first-order chi connectivity index (χ1) is 13.8. The minimum Gasteiger partial charge on any atom is -0.481 e. The van der Waals surface area contributed by atoms with Crippen LogP contribution in [-0.2, 0) is 20.7 Å². The number of nitrogens with zero attached hydrogens (tertiary/aromatic N) is 1. The fourth-order valence-corrected chi connectivity index (χ4v) is 3.11. The van der Waals surface area contributed by atoms with E-state index in [4.69, 9.17) is 21.1 Å². The van der Waals surface area contributed by atoms with Crippen LogP contribution in [0.2, 0.25) is 5.02 Å². The summed E-state index contributed by atoms with van der Waals surface area (Å²) in [5.74, 6) is -0.645. The van der Waals surface area contributed by atoms with Gasteiger partial charge in [-0.15, -0.1) is 0 Å². The molecule has 1 amide bonds. The van der Waals surface area contributed by atoms with Gasteiger partial charge in [-0.05, 0) is 56.7 Å². The summed E-state index contributed by atoms with van der Waals surface area (Å²) in [7, 11) is 0. The van der Waals surface area contributed by atoms with E-state index in [1.807, 2.05) is 13.0 Å². The van der Waals surface area contributed by atoms with Crippen LogP contribution in [0.25, 0.3) is 0 Å². The molecule has 29 heavy (non-hydrogen) atoms. The second-order valence-electron chi connectivity index (χ2n) is 6.45. The molecule has 2 aromatic carbocycles. The Bertz CT molecular complexity index is 824. The molecule has 7 heteroatoms. The highest BCUT2D eigenvalue weighted by atomic mass is 35.5. The van der Waals surface area contributed by atoms with Crippen LogP contribution in [0.3, 0.4) is 0 Å². The molecule has 0 spiro atoms. The van der Waals surface area contributed by atoms with Crippen LogP contribution < -0.4 is 9.64 Å². The highest BCUT2D eigenvalue weighted by Gasteiger charge is 2.23. The number of likely N-dealkylation sites (N-methyl/N-ethyl adjacent to an activating group) is 1. The molecule has 0 aromatic heterocycles. The predicted molar refractivity (Wildman–Crippen MR) is 113 cm³/mol. The second kappa shape index (κ2) is 10.8. The molecule has 0 saturated carbocycles. The Morgan fingerprint density at radius 1 is 1.14 bits per heavy atom. The average Bonchev–Trinajstić information content (AvgIpc) is 2.69. The third-order valence-corrected chi connectivity index (χ3v) is 4.59. The number of ether oxygens (including phenoxy) is 2. The van der Waals surface area contributed by atoms with Gasteiger partial charge in [0.25, 0.3) is 5.91 Å². The summed E-state index contributed by atoms with van der Waals surface area (Å²) in [6, 6.07) is 14.1. The molecule has 0 aliphatic heterocycles. The largest absolute Gasteiger partial charge is 0.481 e. The Labute approximate surface area is 176 Å². The summed E-state index contributed by atoms with van der Waals surface area (Å²) < 4.78 is 11.0. The van der Waals surface area contributed by atoms with E-state index >= 15 is 0 Å². The fourth-order valence-electron chi connectivity index (χ4n) is 2.92. The van der Waals surface area contributed by atoms with Crippen LogP contribution in [-0.4, -0.2) is 42.3 Å². The molecule has 0 fully saturated rings. The number of aliphatic carboxylic acids is 1. The Balaban J connectivity index is 2.03. The lowest BCUT2D eigenvalue weighted by Gasteiger charge is -2.25. The van der Waals surface area contributed by atoms with E-state index in [1.165, 1.54) is 0 Å². The zero-order chi connectivity index (χ0) is 21.4. The maximum absolute atomic E-state index is 12.8. The van der Waals surface area contributed by atoms with Crippen molar-refractivity contribution in [1.82, 2.24) is 0 Å². The average molecular weight is 420 g/mol. The van der Waals surface area contributed by atoms with Crippen LogP contribution in [0.4, 0.5) is 5.69 Å². The molecular weight excluding hydrogens is 394 g/mol. The zero-order valence-corrected chi connectivity index (χ0v) is 17.6. The molecular formula is C22H26ClNO5. The van der Waals surface area contributed by atoms with Crippen LogP contribution in [0.15, 0.2) is 48.5 Å². The van der Waals surface area contributed by atoms with Crippen molar-refractivity contribution in [2.45, 2.75) is 39.4 Å². The quantitative estimate of drug-likeness (QED) is 0.624. The number of carbonyl (C=O) groups is 2. The van der Waals surface area contributed by atoms with Gasteiger partial charge in [0.1, 0.15) is 5.75 Å². The van der Waals surface area contributed by atoms with E-state index in [1.54, 1.807) is 61.2 Å². The molecule has 2 rings (SSSR count). The fraction of sp³-hybridized carbons (Fsp3) is 0.364. The Morgan fingerprint density at radius 3 is 2.38 bits per heavy atom. The number of amides is 1. The van der Waals surface area contributed by atoms with Crippen molar-refractivity contribution in [2.75, 3.05) is 18.1 Å². The highest BCUT2D eigenvalue weighted by molar-refractivity contribution is 6.30. The maximum atomic E-state index is 12.8. The van der Waals surface area contributed by atoms with Gasteiger partial charge < -0.3 is 19.5 Å². The molecule has 0 aliphatic rings. The van der Waals surface area contributed by atoms with E-state index in [0.29, 0.717) is 29.6 Å². The molecule has 2 atom stereocenters. The maximum Gasteiger partial charge on any atom is 0.333 e. The van der Waals surface area contributed by atoms with Gasteiger partial charge in [-0.3, -0.25) is 4.79 Å². The van der Waals surface area contributed by atoms with Crippen molar-refractivity contribution in [3.05, 3.63) is 59.1 Å².